The molecule has 0 aromatic carbocycles. The summed E-state index contributed by atoms with van der Waals surface area (Å²) in [7, 11) is 0. The number of likely N-dealkylation sites (tertiary alicyclic amines) is 1. The Morgan fingerprint density at radius 1 is 1.10 bits per heavy atom. The van der Waals surface area contributed by atoms with Gasteiger partial charge in [0, 0.05) is 18.4 Å². The summed E-state index contributed by atoms with van der Waals surface area (Å²) in [5.41, 5.74) is -0.333. The number of nitrogens with zero attached hydrogens (tertiary/aromatic N) is 1. The van der Waals surface area contributed by atoms with Crippen LogP contribution in [0.2, 0.25) is 0 Å². The smallest absolute Gasteiger partial charge is 0.310 e. The highest BCUT2D eigenvalue weighted by molar-refractivity contribution is 5.86. The normalized spacial score (nSPS) is 38.2. The molecule has 3 saturated carbocycles. The molecule has 3 aliphatic carbocycles. The number of carbonyl (C=O) groups is 2. The molecule has 0 aromatic rings. The van der Waals surface area contributed by atoms with Gasteiger partial charge in [-0.15, -0.1) is 0 Å². The predicted octanol–water partition coefficient (Wildman–Crippen LogP) is 2.56. The van der Waals surface area contributed by atoms with Gasteiger partial charge in [-0.1, -0.05) is 6.92 Å². The maximum absolute atomic E-state index is 13.3. The first kappa shape index (κ1) is 21.7. The zero-order valence-electron chi connectivity index (χ0n) is 18.8. The fraction of sp³-hybridized carbons (Fsp3) is 0.917. The van der Waals surface area contributed by atoms with Crippen LogP contribution in [0.3, 0.4) is 0 Å². The van der Waals surface area contributed by atoms with Crippen molar-refractivity contribution in [3.63, 3.8) is 0 Å². The van der Waals surface area contributed by atoms with Crippen LogP contribution in [0.1, 0.15) is 58.3 Å². The SMILES string of the molecule is CCC1(OC(=O)C2C3CC4C(OC(=O)C42)C3OCCOCCN2CCCC2)CCCC1. The lowest BCUT2D eigenvalue weighted by Gasteiger charge is -2.34. The second-order valence-corrected chi connectivity index (χ2v) is 10.2. The van der Waals surface area contributed by atoms with Crippen molar-refractivity contribution in [1.29, 1.82) is 0 Å². The van der Waals surface area contributed by atoms with Crippen LogP contribution in [0.5, 0.6) is 0 Å². The fourth-order valence-electron chi connectivity index (χ4n) is 6.91. The van der Waals surface area contributed by atoms with Crippen molar-refractivity contribution in [2.45, 2.75) is 76.1 Å². The standard InChI is InChI=1S/C24H37NO6/c1-2-24(7-3-4-8-24)31-23(27)19-16-15-17-18(19)22(26)30-21(17)20(16)29-14-13-28-12-11-25-9-5-6-10-25/h16-21H,2-15H2,1H3. The summed E-state index contributed by atoms with van der Waals surface area (Å²) >= 11 is 0. The predicted molar refractivity (Wildman–Crippen MR) is 112 cm³/mol. The Labute approximate surface area is 185 Å². The van der Waals surface area contributed by atoms with E-state index in [-0.39, 0.29) is 47.5 Å². The summed E-state index contributed by atoms with van der Waals surface area (Å²) in [5.74, 6) is -1.08. The Bertz CT molecular complexity index is 671. The molecule has 0 N–H and O–H groups in total. The molecule has 5 fully saturated rings. The van der Waals surface area contributed by atoms with E-state index >= 15 is 0 Å². The van der Waals surface area contributed by atoms with Crippen LogP contribution in [0.15, 0.2) is 0 Å². The molecule has 5 aliphatic rings. The van der Waals surface area contributed by atoms with E-state index < -0.39 is 5.92 Å². The van der Waals surface area contributed by atoms with Gasteiger partial charge in [-0.25, -0.2) is 0 Å². The van der Waals surface area contributed by atoms with E-state index in [4.69, 9.17) is 18.9 Å². The monoisotopic (exact) mass is 435 g/mol. The highest BCUT2D eigenvalue weighted by Gasteiger charge is 2.69. The number of rotatable bonds is 10. The summed E-state index contributed by atoms with van der Waals surface area (Å²) in [5, 5.41) is 0. The molecular weight excluding hydrogens is 398 g/mol. The van der Waals surface area contributed by atoms with E-state index in [1.54, 1.807) is 0 Å². The van der Waals surface area contributed by atoms with Crippen LogP contribution in [0.4, 0.5) is 0 Å². The van der Waals surface area contributed by atoms with E-state index in [0.29, 0.717) is 19.8 Å². The fourth-order valence-corrected chi connectivity index (χ4v) is 6.91. The van der Waals surface area contributed by atoms with Crippen LogP contribution in [-0.2, 0) is 28.5 Å². The minimum atomic E-state index is -0.415. The largest absolute Gasteiger partial charge is 0.459 e. The van der Waals surface area contributed by atoms with Crippen molar-refractivity contribution in [2.75, 3.05) is 39.5 Å². The molecule has 2 bridgehead atoms. The minimum absolute atomic E-state index is 0.0128. The Kier molecular flexibility index (Phi) is 6.28. The number of ether oxygens (including phenoxy) is 4. The van der Waals surface area contributed by atoms with Gasteiger partial charge >= 0.3 is 11.9 Å². The zero-order chi connectivity index (χ0) is 21.4. The first-order chi connectivity index (χ1) is 15.1. The average molecular weight is 436 g/mol. The molecule has 2 aliphatic heterocycles. The molecule has 0 radical (unpaired) electrons. The summed E-state index contributed by atoms with van der Waals surface area (Å²) in [6.07, 6.45) is 7.90. The summed E-state index contributed by atoms with van der Waals surface area (Å²) < 4.78 is 23.7. The average Bonchev–Trinajstić information content (AvgIpc) is 3.56. The molecule has 7 heteroatoms. The van der Waals surface area contributed by atoms with Gasteiger partial charge in [0.1, 0.15) is 11.7 Å². The van der Waals surface area contributed by atoms with Gasteiger partial charge in [0.15, 0.2) is 0 Å². The van der Waals surface area contributed by atoms with E-state index in [2.05, 4.69) is 11.8 Å². The van der Waals surface area contributed by atoms with Crippen molar-refractivity contribution in [1.82, 2.24) is 4.90 Å². The van der Waals surface area contributed by atoms with E-state index in [1.165, 1.54) is 25.9 Å². The first-order valence-corrected chi connectivity index (χ1v) is 12.5. The quantitative estimate of drug-likeness (QED) is 0.386. The van der Waals surface area contributed by atoms with Crippen LogP contribution >= 0.6 is 0 Å². The Hall–Kier alpha value is -1.18. The van der Waals surface area contributed by atoms with E-state index in [0.717, 1.165) is 45.1 Å². The Balaban J connectivity index is 1.15. The van der Waals surface area contributed by atoms with Gasteiger partial charge in [0.2, 0.25) is 0 Å². The van der Waals surface area contributed by atoms with Crippen molar-refractivity contribution in [3.8, 4) is 0 Å². The number of hydrogen-bond donors (Lipinski definition) is 0. The van der Waals surface area contributed by atoms with E-state index in [9.17, 15) is 9.59 Å². The lowest BCUT2D eigenvalue weighted by Crippen LogP contribution is -2.45. The molecule has 31 heavy (non-hydrogen) atoms. The van der Waals surface area contributed by atoms with Crippen LogP contribution in [0, 0.1) is 23.7 Å². The maximum Gasteiger partial charge on any atom is 0.310 e. The molecule has 0 spiro atoms. The zero-order valence-corrected chi connectivity index (χ0v) is 18.8. The molecule has 6 unspecified atom stereocenters. The number of esters is 2. The van der Waals surface area contributed by atoms with Gasteiger partial charge < -0.3 is 23.8 Å². The van der Waals surface area contributed by atoms with Gasteiger partial charge in [0.25, 0.3) is 0 Å². The minimum Gasteiger partial charge on any atom is -0.459 e. The molecule has 7 nitrogen and oxygen atoms in total. The second kappa shape index (κ2) is 8.99. The highest BCUT2D eigenvalue weighted by Crippen LogP contribution is 2.59. The third-order valence-electron chi connectivity index (χ3n) is 8.58. The first-order valence-electron chi connectivity index (χ1n) is 12.5. The van der Waals surface area contributed by atoms with Crippen molar-refractivity contribution >= 4 is 11.9 Å². The number of carbonyl (C=O) groups excluding carboxylic acids is 2. The van der Waals surface area contributed by atoms with Gasteiger partial charge in [-0.3, -0.25) is 9.59 Å². The van der Waals surface area contributed by atoms with Gasteiger partial charge in [0.05, 0.1) is 37.8 Å². The third-order valence-corrected chi connectivity index (χ3v) is 8.58. The van der Waals surface area contributed by atoms with Crippen molar-refractivity contribution in [2.24, 2.45) is 23.7 Å². The molecule has 0 aromatic heterocycles. The Morgan fingerprint density at radius 2 is 1.87 bits per heavy atom. The third kappa shape index (κ3) is 4.02. The summed E-state index contributed by atoms with van der Waals surface area (Å²) in [4.78, 5) is 28.3. The van der Waals surface area contributed by atoms with Crippen molar-refractivity contribution < 1.29 is 28.5 Å². The molecule has 5 rings (SSSR count). The lowest BCUT2D eigenvalue weighted by atomic mass is 9.78. The highest BCUT2D eigenvalue weighted by atomic mass is 16.6. The molecule has 6 atom stereocenters. The molecular formula is C24H37NO6. The van der Waals surface area contributed by atoms with Gasteiger partial charge in [-0.05, 0) is 64.5 Å². The summed E-state index contributed by atoms with van der Waals surface area (Å²) in [6, 6.07) is 0. The number of fused-ring (bicyclic) bond motifs is 1. The number of hydrogen-bond acceptors (Lipinski definition) is 7. The second-order valence-electron chi connectivity index (χ2n) is 10.2. The molecule has 0 amide bonds. The topological polar surface area (TPSA) is 74.3 Å². The van der Waals surface area contributed by atoms with Crippen LogP contribution in [-0.4, -0.2) is 74.1 Å². The maximum atomic E-state index is 13.3. The molecule has 2 heterocycles. The van der Waals surface area contributed by atoms with Gasteiger partial charge in [-0.2, -0.15) is 0 Å². The van der Waals surface area contributed by atoms with Crippen LogP contribution < -0.4 is 0 Å². The van der Waals surface area contributed by atoms with E-state index in [1.807, 2.05) is 0 Å². The molecule has 174 valence electrons. The lowest BCUT2D eigenvalue weighted by molar-refractivity contribution is -0.172. The van der Waals surface area contributed by atoms with Crippen LogP contribution in [0.25, 0.3) is 0 Å². The van der Waals surface area contributed by atoms with Crippen molar-refractivity contribution in [3.05, 3.63) is 0 Å². The Morgan fingerprint density at radius 3 is 2.61 bits per heavy atom. The summed E-state index contributed by atoms with van der Waals surface area (Å²) in [6.45, 7) is 7.13. The molecule has 2 saturated heterocycles.